The normalized spacial score (nSPS) is 20.5. The Bertz CT molecular complexity index is 706. The van der Waals surface area contributed by atoms with Gasteiger partial charge in [0.25, 0.3) is 0 Å². The summed E-state index contributed by atoms with van der Waals surface area (Å²) in [5.74, 6) is -1.07. The van der Waals surface area contributed by atoms with Crippen LogP contribution < -0.4 is 5.32 Å². The number of anilines is 1. The molecule has 1 aromatic carbocycles. The minimum Gasteiger partial charge on any atom is -0.476 e. The molecule has 24 heavy (non-hydrogen) atoms. The van der Waals surface area contributed by atoms with E-state index in [1.54, 1.807) is 13.1 Å². The molecule has 6 heteroatoms. The van der Waals surface area contributed by atoms with E-state index < -0.39 is 5.97 Å². The highest BCUT2D eigenvalue weighted by atomic mass is 16.5. The minimum atomic E-state index is -1.07. The molecule has 3 rings (SSSR count). The Labute approximate surface area is 140 Å². The van der Waals surface area contributed by atoms with Crippen LogP contribution in [0.1, 0.15) is 47.0 Å². The Hall–Kier alpha value is -2.47. The molecule has 2 heterocycles. The van der Waals surface area contributed by atoms with Crippen molar-refractivity contribution in [1.29, 1.82) is 0 Å². The fraction of sp³-hybridized carbons (Fsp3) is 0.389. The third-order valence-electron chi connectivity index (χ3n) is 4.35. The quantitative estimate of drug-likeness (QED) is 0.877. The van der Waals surface area contributed by atoms with Gasteiger partial charge >= 0.3 is 5.97 Å². The molecule has 0 spiro atoms. The van der Waals surface area contributed by atoms with E-state index in [4.69, 9.17) is 9.84 Å². The zero-order valence-electron chi connectivity index (χ0n) is 13.6. The first-order valence-corrected chi connectivity index (χ1v) is 8.15. The summed E-state index contributed by atoms with van der Waals surface area (Å²) in [6.45, 7) is 2.35. The molecule has 2 atom stereocenters. The Morgan fingerprint density at radius 3 is 2.88 bits per heavy atom. The average molecular weight is 327 g/mol. The lowest BCUT2D eigenvalue weighted by atomic mass is 9.98. The number of hydrogen-bond acceptors (Lipinski definition) is 5. The zero-order valence-corrected chi connectivity index (χ0v) is 13.6. The van der Waals surface area contributed by atoms with Gasteiger partial charge in [0.2, 0.25) is 0 Å². The first-order valence-electron chi connectivity index (χ1n) is 8.15. The van der Waals surface area contributed by atoms with E-state index >= 15 is 0 Å². The Morgan fingerprint density at radius 1 is 1.33 bits per heavy atom. The van der Waals surface area contributed by atoms with Gasteiger partial charge in [-0.15, -0.1) is 5.10 Å². The van der Waals surface area contributed by atoms with Crippen molar-refractivity contribution < 1.29 is 14.6 Å². The molecule has 6 nitrogen and oxygen atoms in total. The number of carbonyl (C=O) groups is 1. The Morgan fingerprint density at radius 2 is 2.12 bits per heavy atom. The number of ether oxygens (including phenoxy) is 1. The fourth-order valence-electron chi connectivity index (χ4n) is 3.01. The van der Waals surface area contributed by atoms with E-state index in [2.05, 4.69) is 27.6 Å². The maximum atomic E-state index is 11.1. The lowest BCUT2D eigenvalue weighted by Crippen LogP contribution is -2.29. The van der Waals surface area contributed by atoms with Crippen LogP contribution in [0.5, 0.6) is 0 Å². The summed E-state index contributed by atoms with van der Waals surface area (Å²) in [7, 11) is 0. The van der Waals surface area contributed by atoms with Crippen LogP contribution in [0.4, 0.5) is 5.69 Å². The molecule has 1 saturated heterocycles. The van der Waals surface area contributed by atoms with Crippen LogP contribution in [-0.4, -0.2) is 33.9 Å². The number of rotatable bonds is 5. The van der Waals surface area contributed by atoms with Gasteiger partial charge in [-0.25, -0.2) is 4.79 Å². The summed E-state index contributed by atoms with van der Waals surface area (Å²) in [4.78, 5) is 11.1. The van der Waals surface area contributed by atoms with Crippen molar-refractivity contribution >= 4 is 11.7 Å². The molecule has 1 aliphatic heterocycles. The third kappa shape index (κ3) is 3.71. The standard InChI is InChI=1S/C18H21N3O3/c1-12-15(11-20-21-17(12)18(22)23)19-10-14-8-5-9-16(24-14)13-6-3-2-4-7-13/h2-4,6-7,11,14,16H,5,8-10H2,1H3,(H,19,21)(H,22,23)/t14-,16+/m1/s1. The predicted octanol–water partition coefficient (Wildman–Crippen LogP) is 3.21. The number of carboxylic acids is 1. The van der Waals surface area contributed by atoms with Crippen LogP contribution in [0.15, 0.2) is 36.5 Å². The monoisotopic (exact) mass is 327 g/mol. The zero-order chi connectivity index (χ0) is 16.9. The topological polar surface area (TPSA) is 84.3 Å². The fourth-order valence-corrected chi connectivity index (χ4v) is 3.01. The molecule has 2 aromatic rings. The van der Waals surface area contributed by atoms with Crippen molar-refractivity contribution in [1.82, 2.24) is 10.2 Å². The third-order valence-corrected chi connectivity index (χ3v) is 4.35. The van der Waals surface area contributed by atoms with Gasteiger partial charge in [-0.1, -0.05) is 30.3 Å². The van der Waals surface area contributed by atoms with E-state index in [-0.39, 0.29) is 17.9 Å². The number of nitrogens with zero attached hydrogens (tertiary/aromatic N) is 2. The average Bonchev–Trinajstić information content (AvgIpc) is 2.61. The van der Waals surface area contributed by atoms with Gasteiger partial charge in [-0.2, -0.15) is 5.10 Å². The highest BCUT2D eigenvalue weighted by Gasteiger charge is 2.23. The van der Waals surface area contributed by atoms with Gasteiger partial charge in [0, 0.05) is 12.1 Å². The second-order valence-electron chi connectivity index (χ2n) is 6.01. The summed E-state index contributed by atoms with van der Waals surface area (Å²) in [5.41, 5.74) is 2.46. The molecule has 0 unspecified atom stereocenters. The van der Waals surface area contributed by atoms with Crippen LogP contribution in [0, 0.1) is 6.92 Å². The molecule has 0 bridgehead atoms. The van der Waals surface area contributed by atoms with Gasteiger partial charge < -0.3 is 15.2 Å². The van der Waals surface area contributed by atoms with Crippen molar-refractivity contribution in [3.05, 3.63) is 53.3 Å². The first kappa shape index (κ1) is 16.4. The molecule has 0 amide bonds. The van der Waals surface area contributed by atoms with Gasteiger partial charge in [-0.05, 0) is 31.7 Å². The maximum Gasteiger partial charge on any atom is 0.356 e. The van der Waals surface area contributed by atoms with E-state index in [0.717, 1.165) is 19.3 Å². The molecule has 0 aliphatic carbocycles. The van der Waals surface area contributed by atoms with E-state index in [0.29, 0.717) is 17.8 Å². The lowest BCUT2D eigenvalue weighted by Gasteiger charge is -2.31. The van der Waals surface area contributed by atoms with Crippen LogP contribution in [0.3, 0.4) is 0 Å². The summed E-state index contributed by atoms with van der Waals surface area (Å²) in [5, 5.41) is 19.8. The number of benzene rings is 1. The summed E-state index contributed by atoms with van der Waals surface area (Å²) < 4.78 is 6.20. The largest absolute Gasteiger partial charge is 0.476 e. The predicted molar refractivity (Wildman–Crippen MR) is 90.1 cm³/mol. The SMILES string of the molecule is Cc1c(NC[C@H]2CCC[C@@H](c3ccccc3)O2)cnnc1C(=O)O. The van der Waals surface area contributed by atoms with E-state index in [9.17, 15) is 4.79 Å². The number of nitrogens with one attached hydrogen (secondary N) is 1. The molecule has 1 fully saturated rings. The van der Waals surface area contributed by atoms with Crippen molar-refractivity contribution in [3.63, 3.8) is 0 Å². The van der Waals surface area contributed by atoms with Crippen molar-refractivity contribution in [2.45, 2.75) is 38.4 Å². The molecule has 126 valence electrons. The Balaban J connectivity index is 1.63. The minimum absolute atomic E-state index is 0.0216. The van der Waals surface area contributed by atoms with Crippen LogP contribution in [0.2, 0.25) is 0 Å². The second kappa shape index (κ2) is 7.40. The van der Waals surface area contributed by atoms with Crippen molar-refractivity contribution in [3.8, 4) is 0 Å². The molecule has 1 aromatic heterocycles. The van der Waals surface area contributed by atoms with Gasteiger partial charge in [0.15, 0.2) is 5.69 Å². The van der Waals surface area contributed by atoms with E-state index in [1.165, 1.54) is 5.56 Å². The number of hydrogen-bond donors (Lipinski definition) is 2. The highest BCUT2D eigenvalue weighted by molar-refractivity contribution is 5.88. The molecular weight excluding hydrogens is 306 g/mol. The molecule has 1 aliphatic rings. The first-order chi connectivity index (χ1) is 11.6. The van der Waals surface area contributed by atoms with Crippen LogP contribution in [0.25, 0.3) is 0 Å². The molecular formula is C18H21N3O3. The summed E-state index contributed by atoms with van der Waals surface area (Å²) >= 11 is 0. The number of carboxylic acid groups (broad SMARTS) is 1. The maximum absolute atomic E-state index is 11.1. The number of aromatic carboxylic acids is 1. The van der Waals surface area contributed by atoms with Gasteiger partial charge in [0.05, 0.1) is 24.1 Å². The van der Waals surface area contributed by atoms with E-state index in [1.807, 2.05) is 18.2 Å². The number of aromatic nitrogens is 2. The van der Waals surface area contributed by atoms with Gasteiger partial charge in [-0.3, -0.25) is 0 Å². The second-order valence-corrected chi connectivity index (χ2v) is 6.01. The molecule has 0 saturated carbocycles. The van der Waals surface area contributed by atoms with Crippen molar-refractivity contribution in [2.75, 3.05) is 11.9 Å². The van der Waals surface area contributed by atoms with Gasteiger partial charge in [0.1, 0.15) is 0 Å². The molecule has 2 N–H and O–H groups in total. The lowest BCUT2D eigenvalue weighted by molar-refractivity contribution is -0.0442. The van der Waals surface area contributed by atoms with Crippen molar-refractivity contribution in [2.24, 2.45) is 0 Å². The smallest absolute Gasteiger partial charge is 0.356 e. The summed E-state index contributed by atoms with van der Waals surface area (Å²) in [6.07, 6.45) is 4.89. The molecule has 0 radical (unpaired) electrons. The highest BCUT2D eigenvalue weighted by Crippen LogP contribution is 2.31. The Kier molecular flexibility index (Phi) is 5.05. The van der Waals surface area contributed by atoms with Crippen LogP contribution in [-0.2, 0) is 4.74 Å². The summed E-state index contributed by atoms with van der Waals surface area (Å²) in [6, 6.07) is 10.2. The van der Waals surface area contributed by atoms with Crippen LogP contribution >= 0.6 is 0 Å².